The molecule has 0 bridgehead atoms. The summed E-state index contributed by atoms with van der Waals surface area (Å²) in [4.78, 5) is 27.1. The number of nitrogens with one attached hydrogen (secondary N) is 1. The van der Waals surface area contributed by atoms with Gasteiger partial charge in [0.25, 0.3) is 5.69 Å². The van der Waals surface area contributed by atoms with Gasteiger partial charge in [-0.3, -0.25) is 15.0 Å². The van der Waals surface area contributed by atoms with Gasteiger partial charge < -0.3 is 15.0 Å². The molecule has 2 amide bonds. The summed E-state index contributed by atoms with van der Waals surface area (Å²) in [6.07, 6.45) is 3.43. The fraction of sp³-hybridized carbons (Fsp3) is 0.562. The minimum absolute atomic E-state index is 0.0811. The van der Waals surface area contributed by atoms with Gasteiger partial charge in [-0.15, -0.1) is 0 Å². The molecule has 0 radical (unpaired) electrons. The highest BCUT2D eigenvalue weighted by Crippen LogP contribution is 2.29. The SMILES string of the molecule is COc1ccc([N+](=O)[O-])cc1NC(=O)N1CCC(N2CCCC2)C1. The van der Waals surface area contributed by atoms with Crippen LogP contribution in [-0.2, 0) is 0 Å². The van der Waals surface area contributed by atoms with Crippen LogP contribution in [0.25, 0.3) is 0 Å². The second-order valence-electron chi connectivity index (χ2n) is 6.20. The number of nitro benzene ring substituents is 1. The number of ether oxygens (including phenoxy) is 1. The molecule has 3 rings (SSSR count). The molecule has 0 aromatic heterocycles. The zero-order valence-electron chi connectivity index (χ0n) is 13.7. The fourth-order valence-corrected chi connectivity index (χ4v) is 3.43. The summed E-state index contributed by atoms with van der Waals surface area (Å²) in [5.41, 5.74) is 0.240. The number of carbonyl (C=O) groups excluding carboxylic acids is 1. The van der Waals surface area contributed by atoms with E-state index in [4.69, 9.17) is 4.74 Å². The molecule has 1 unspecified atom stereocenters. The van der Waals surface area contributed by atoms with Gasteiger partial charge in [-0.1, -0.05) is 0 Å². The van der Waals surface area contributed by atoms with Crippen molar-refractivity contribution < 1.29 is 14.5 Å². The van der Waals surface area contributed by atoms with Crippen LogP contribution in [0.4, 0.5) is 16.2 Å². The molecule has 2 saturated heterocycles. The molecule has 0 saturated carbocycles. The molecule has 1 N–H and O–H groups in total. The van der Waals surface area contributed by atoms with E-state index in [0.29, 0.717) is 30.6 Å². The van der Waals surface area contributed by atoms with Crippen molar-refractivity contribution in [1.29, 1.82) is 0 Å². The number of anilines is 1. The van der Waals surface area contributed by atoms with Crippen molar-refractivity contribution in [1.82, 2.24) is 9.80 Å². The smallest absolute Gasteiger partial charge is 0.322 e. The number of amides is 2. The molecule has 1 aromatic rings. The van der Waals surface area contributed by atoms with Crippen LogP contribution in [0.1, 0.15) is 19.3 Å². The number of nitrogens with zero attached hydrogens (tertiary/aromatic N) is 3. The van der Waals surface area contributed by atoms with Gasteiger partial charge in [0.15, 0.2) is 0 Å². The molecule has 0 spiro atoms. The highest BCUT2D eigenvalue weighted by molar-refractivity contribution is 5.91. The first-order valence-electron chi connectivity index (χ1n) is 8.21. The van der Waals surface area contributed by atoms with Gasteiger partial charge in [-0.25, -0.2) is 4.79 Å². The van der Waals surface area contributed by atoms with Crippen molar-refractivity contribution in [2.75, 3.05) is 38.6 Å². The summed E-state index contributed by atoms with van der Waals surface area (Å²) >= 11 is 0. The van der Waals surface area contributed by atoms with Gasteiger partial charge in [0.1, 0.15) is 5.75 Å². The molecule has 2 aliphatic rings. The number of hydrogen-bond acceptors (Lipinski definition) is 5. The maximum absolute atomic E-state index is 12.5. The summed E-state index contributed by atoms with van der Waals surface area (Å²) < 4.78 is 5.18. The number of likely N-dealkylation sites (tertiary alicyclic amines) is 2. The van der Waals surface area contributed by atoms with Crippen LogP contribution in [0.2, 0.25) is 0 Å². The molecular formula is C16H22N4O4. The lowest BCUT2D eigenvalue weighted by Gasteiger charge is -2.23. The molecule has 8 heteroatoms. The largest absolute Gasteiger partial charge is 0.495 e. The third-order valence-corrected chi connectivity index (χ3v) is 4.74. The second kappa shape index (κ2) is 7.04. The van der Waals surface area contributed by atoms with Crippen LogP contribution in [0.3, 0.4) is 0 Å². The van der Waals surface area contributed by atoms with Crippen molar-refractivity contribution in [3.63, 3.8) is 0 Å². The first-order chi connectivity index (χ1) is 11.6. The van der Waals surface area contributed by atoms with E-state index in [1.807, 2.05) is 0 Å². The van der Waals surface area contributed by atoms with Crippen LogP contribution in [-0.4, -0.2) is 60.1 Å². The Morgan fingerprint density at radius 1 is 1.33 bits per heavy atom. The van der Waals surface area contributed by atoms with Crippen molar-refractivity contribution >= 4 is 17.4 Å². The highest BCUT2D eigenvalue weighted by atomic mass is 16.6. The van der Waals surface area contributed by atoms with Crippen molar-refractivity contribution in [3.8, 4) is 5.75 Å². The molecule has 1 aromatic carbocycles. The van der Waals surface area contributed by atoms with Crippen LogP contribution in [0, 0.1) is 10.1 Å². The summed E-state index contributed by atoms with van der Waals surface area (Å²) in [6, 6.07) is 4.35. The Hall–Kier alpha value is -2.35. The van der Waals surface area contributed by atoms with Gasteiger partial charge >= 0.3 is 6.03 Å². The second-order valence-corrected chi connectivity index (χ2v) is 6.20. The number of methoxy groups -OCH3 is 1. The number of rotatable bonds is 4. The van der Waals surface area contributed by atoms with E-state index in [-0.39, 0.29) is 11.7 Å². The summed E-state index contributed by atoms with van der Waals surface area (Å²) in [5.74, 6) is 0.407. The van der Waals surface area contributed by atoms with Gasteiger partial charge in [-0.2, -0.15) is 0 Å². The number of benzene rings is 1. The average Bonchev–Trinajstić information content (AvgIpc) is 3.25. The van der Waals surface area contributed by atoms with Crippen LogP contribution in [0.15, 0.2) is 18.2 Å². The Labute approximate surface area is 140 Å². The van der Waals surface area contributed by atoms with E-state index in [1.165, 1.54) is 38.2 Å². The molecule has 8 nitrogen and oxygen atoms in total. The first kappa shape index (κ1) is 16.5. The van der Waals surface area contributed by atoms with Gasteiger partial charge in [0.05, 0.1) is 17.7 Å². The number of non-ortho nitro benzene ring substituents is 1. The number of hydrogen-bond donors (Lipinski definition) is 1. The van der Waals surface area contributed by atoms with Crippen LogP contribution >= 0.6 is 0 Å². The lowest BCUT2D eigenvalue weighted by atomic mass is 10.2. The van der Waals surface area contributed by atoms with Crippen molar-refractivity contribution in [2.45, 2.75) is 25.3 Å². The van der Waals surface area contributed by atoms with Gasteiger partial charge in [-0.05, 0) is 38.4 Å². The lowest BCUT2D eigenvalue weighted by molar-refractivity contribution is -0.384. The fourth-order valence-electron chi connectivity index (χ4n) is 3.43. The topological polar surface area (TPSA) is 87.9 Å². The minimum atomic E-state index is -0.492. The highest BCUT2D eigenvalue weighted by Gasteiger charge is 2.31. The monoisotopic (exact) mass is 334 g/mol. The zero-order chi connectivity index (χ0) is 17.1. The Bertz CT molecular complexity index is 631. The van der Waals surface area contributed by atoms with E-state index in [2.05, 4.69) is 10.2 Å². The van der Waals surface area contributed by atoms with E-state index in [9.17, 15) is 14.9 Å². The zero-order valence-corrected chi connectivity index (χ0v) is 13.7. The predicted octanol–water partition coefficient (Wildman–Crippen LogP) is 2.31. The summed E-state index contributed by atoms with van der Waals surface area (Å²) in [5, 5.41) is 13.7. The van der Waals surface area contributed by atoms with Crippen molar-refractivity contribution in [3.05, 3.63) is 28.3 Å². The van der Waals surface area contributed by atoms with Crippen LogP contribution < -0.4 is 10.1 Å². The molecule has 24 heavy (non-hydrogen) atoms. The third kappa shape index (κ3) is 3.43. The van der Waals surface area contributed by atoms with E-state index in [1.54, 1.807) is 4.90 Å². The van der Waals surface area contributed by atoms with E-state index in [0.717, 1.165) is 19.5 Å². The third-order valence-electron chi connectivity index (χ3n) is 4.74. The summed E-state index contributed by atoms with van der Waals surface area (Å²) in [7, 11) is 1.47. The Morgan fingerprint density at radius 2 is 2.08 bits per heavy atom. The molecular weight excluding hydrogens is 312 g/mol. The van der Waals surface area contributed by atoms with E-state index >= 15 is 0 Å². The molecule has 1 atom stereocenters. The molecule has 2 aliphatic heterocycles. The standard InChI is InChI=1S/C16H22N4O4/c1-24-15-5-4-12(20(22)23)10-14(15)17-16(21)19-9-6-13(11-19)18-7-2-3-8-18/h4-5,10,13H,2-3,6-9,11H2,1H3,(H,17,21). The number of urea groups is 1. The first-order valence-corrected chi connectivity index (χ1v) is 8.21. The molecule has 130 valence electrons. The summed E-state index contributed by atoms with van der Waals surface area (Å²) in [6.45, 7) is 3.62. The maximum Gasteiger partial charge on any atom is 0.322 e. The van der Waals surface area contributed by atoms with Gasteiger partial charge in [0, 0.05) is 31.3 Å². The Morgan fingerprint density at radius 3 is 2.75 bits per heavy atom. The lowest BCUT2D eigenvalue weighted by Crippen LogP contribution is -2.38. The van der Waals surface area contributed by atoms with Crippen molar-refractivity contribution in [2.24, 2.45) is 0 Å². The minimum Gasteiger partial charge on any atom is -0.495 e. The average molecular weight is 334 g/mol. The molecule has 2 fully saturated rings. The van der Waals surface area contributed by atoms with Crippen LogP contribution in [0.5, 0.6) is 5.75 Å². The predicted molar refractivity (Wildman–Crippen MR) is 89.5 cm³/mol. The Kier molecular flexibility index (Phi) is 4.84. The quantitative estimate of drug-likeness (QED) is 0.674. The Balaban J connectivity index is 1.66. The molecule has 0 aliphatic carbocycles. The number of nitro groups is 1. The normalized spacial score (nSPS) is 21.0. The van der Waals surface area contributed by atoms with Gasteiger partial charge in [0.2, 0.25) is 0 Å². The van der Waals surface area contributed by atoms with E-state index < -0.39 is 4.92 Å². The maximum atomic E-state index is 12.5. The molecule has 2 heterocycles. The number of carbonyl (C=O) groups is 1.